The third-order valence-corrected chi connectivity index (χ3v) is 5.07. The molecule has 3 rings (SSSR count). The molecule has 0 bridgehead atoms. The van der Waals surface area contributed by atoms with E-state index in [-0.39, 0.29) is 5.91 Å². The van der Waals surface area contributed by atoms with E-state index < -0.39 is 0 Å². The number of hydrogen-bond acceptors (Lipinski definition) is 3. The highest BCUT2D eigenvalue weighted by Gasteiger charge is 2.12. The minimum atomic E-state index is -0.127. The fourth-order valence-corrected chi connectivity index (χ4v) is 3.20. The molecule has 0 aliphatic heterocycles. The Kier molecular flexibility index (Phi) is 6.05. The Morgan fingerprint density at radius 3 is 2.68 bits per heavy atom. The number of nitrogens with zero attached hydrogens (tertiary/aromatic N) is 2. The Morgan fingerprint density at radius 2 is 1.96 bits per heavy atom. The predicted molar refractivity (Wildman–Crippen MR) is 111 cm³/mol. The van der Waals surface area contributed by atoms with Crippen molar-refractivity contribution in [1.82, 2.24) is 15.1 Å². The fourth-order valence-electron chi connectivity index (χ4n) is 3.03. The number of hydrogen-bond donors (Lipinski definition) is 1. The number of aromatic nitrogens is 2. The van der Waals surface area contributed by atoms with E-state index in [0.717, 1.165) is 28.1 Å². The lowest BCUT2D eigenvalue weighted by molar-refractivity contribution is 0.0950. The van der Waals surface area contributed by atoms with E-state index in [1.165, 1.54) is 0 Å². The maximum Gasteiger partial charge on any atom is 0.251 e. The molecule has 0 atom stereocenters. The number of rotatable bonds is 6. The van der Waals surface area contributed by atoms with Gasteiger partial charge in [0.05, 0.1) is 10.7 Å². The van der Waals surface area contributed by atoms with Gasteiger partial charge in [0.2, 0.25) is 0 Å². The molecular weight excluding hydrogens is 374 g/mol. The lowest BCUT2D eigenvalue weighted by atomic mass is 10.1. The standard InChI is InChI=1S/C22H24ClN3O2/c1-14-8-9-20(23)21(10-14)28-13-17-6-5-7-18(11-17)22(27)24-12-19-15(2)25-26(4)16(19)3/h5-11H,12-13H2,1-4H3,(H,24,27). The van der Waals surface area contributed by atoms with Gasteiger partial charge < -0.3 is 10.1 Å². The molecule has 1 N–H and O–H groups in total. The highest BCUT2D eigenvalue weighted by atomic mass is 35.5. The topological polar surface area (TPSA) is 56.1 Å². The summed E-state index contributed by atoms with van der Waals surface area (Å²) in [7, 11) is 1.90. The number of carbonyl (C=O) groups is 1. The summed E-state index contributed by atoms with van der Waals surface area (Å²) in [6.45, 7) is 6.72. The van der Waals surface area contributed by atoms with Crippen LogP contribution in [0.25, 0.3) is 0 Å². The molecule has 0 aliphatic rings. The van der Waals surface area contributed by atoms with Crippen molar-refractivity contribution in [2.24, 2.45) is 7.05 Å². The Hall–Kier alpha value is -2.79. The van der Waals surface area contributed by atoms with Crippen LogP contribution < -0.4 is 10.1 Å². The molecule has 0 fully saturated rings. The lowest BCUT2D eigenvalue weighted by Gasteiger charge is -2.10. The van der Waals surface area contributed by atoms with E-state index in [2.05, 4.69) is 10.4 Å². The molecule has 0 spiro atoms. The number of amides is 1. The smallest absolute Gasteiger partial charge is 0.251 e. The molecule has 1 aromatic heterocycles. The van der Waals surface area contributed by atoms with Crippen LogP contribution in [0.4, 0.5) is 0 Å². The molecule has 2 aromatic carbocycles. The van der Waals surface area contributed by atoms with Gasteiger partial charge in [-0.15, -0.1) is 0 Å². The molecule has 0 radical (unpaired) electrons. The van der Waals surface area contributed by atoms with Crippen LogP contribution in [0, 0.1) is 20.8 Å². The van der Waals surface area contributed by atoms with Crippen LogP contribution in [0.5, 0.6) is 5.75 Å². The quantitative estimate of drug-likeness (QED) is 0.665. The third-order valence-electron chi connectivity index (χ3n) is 4.75. The summed E-state index contributed by atoms with van der Waals surface area (Å²) >= 11 is 6.17. The van der Waals surface area contributed by atoms with Crippen LogP contribution in [0.2, 0.25) is 5.02 Å². The van der Waals surface area contributed by atoms with E-state index in [0.29, 0.717) is 29.5 Å². The summed E-state index contributed by atoms with van der Waals surface area (Å²) in [4.78, 5) is 12.6. The summed E-state index contributed by atoms with van der Waals surface area (Å²) in [6.07, 6.45) is 0. The first-order chi connectivity index (χ1) is 13.3. The second-order valence-electron chi connectivity index (χ2n) is 6.88. The molecule has 6 heteroatoms. The van der Waals surface area contributed by atoms with Gasteiger partial charge in [-0.2, -0.15) is 5.10 Å². The number of ether oxygens (including phenoxy) is 1. The van der Waals surface area contributed by atoms with Gasteiger partial charge in [-0.25, -0.2) is 0 Å². The zero-order valence-electron chi connectivity index (χ0n) is 16.5. The molecule has 1 heterocycles. The number of aryl methyl sites for hydroxylation is 3. The summed E-state index contributed by atoms with van der Waals surface area (Å²) in [6, 6.07) is 13.1. The Morgan fingerprint density at radius 1 is 1.18 bits per heavy atom. The SMILES string of the molecule is Cc1ccc(Cl)c(OCc2cccc(C(=O)NCc3c(C)nn(C)c3C)c2)c1. The summed E-state index contributed by atoms with van der Waals surface area (Å²) in [5, 5.41) is 7.92. The maximum atomic E-state index is 12.6. The molecule has 5 nitrogen and oxygen atoms in total. The largest absolute Gasteiger partial charge is 0.487 e. The molecular formula is C22H24ClN3O2. The Bertz CT molecular complexity index is 1010. The normalized spacial score (nSPS) is 10.8. The van der Waals surface area contributed by atoms with Crippen molar-refractivity contribution in [3.8, 4) is 5.75 Å². The Balaban J connectivity index is 1.65. The molecule has 0 unspecified atom stereocenters. The van der Waals surface area contributed by atoms with Crippen LogP contribution in [0.3, 0.4) is 0 Å². The van der Waals surface area contributed by atoms with E-state index >= 15 is 0 Å². The minimum absolute atomic E-state index is 0.127. The first-order valence-electron chi connectivity index (χ1n) is 9.10. The van der Waals surface area contributed by atoms with Crippen molar-refractivity contribution in [2.45, 2.75) is 33.9 Å². The number of carbonyl (C=O) groups excluding carboxylic acids is 1. The van der Waals surface area contributed by atoms with Crippen molar-refractivity contribution < 1.29 is 9.53 Å². The van der Waals surface area contributed by atoms with Gasteiger partial charge in [-0.05, 0) is 56.2 Å². The molecule has 1 amide bonds. The second-order valence-corrected chi connectivity index (χ2v) is 7.29. The minimum Gasteiger partial charge on any atom is -0.487 e. The van der Waals surface area contributed by atoms with Gasteiger partial charge in [0, 0.05) is 30.4 Å². The van der Waals surface area contributed by atoms with Gasteiger partial charge in [-0.3, -0.25) is 9.48 Å². The van der Waals surface area contributed by atoms with Crippen molar-refractivity contribution in [2.75, 3.05) is 0 Å². The number of nitrogens with one attached hydrogen (secondary N) is 1. The van der Waals surface area contributed by atoms with Crippen LogP contribution in [-0.2, 0) is 20.2 Å². The van der Waals surface area contributed by atoms with Crippen molar-refractivity contribution >= 4 is 17.5 Å². The van der Waals surface area contributed by atoms with Crippen LogP contribution in [0.1, 0.15) is 38.4 Å². The maximum absolute atomic E-state index is 12.6. The molecule has 0 aliphatic carbocycles. The molecule has 146 valence electrons. The zero-order valence-corrected chi connectivity index (χ0v) is 17.3. The van der Waals surface area contributed by atoms with Crippen LogP contribution in [0.15, 0.2) is 42.5 Å². The number of benzene rings is 2. The summed E-state index contributed by atoms with van der Waals surface area (Å²) in [5.41, 5.74) is 5.60. The van der Waals surface area contributed by atoms with Gasteiger partial charge in [0.15, 0.2) is 0 Å². The van der Waals surface area contributed by atoms with Crippen LogP contribution >= 0.6 is 11.6 Å². The average Bonchev–Trinajstić information content (AvgIpc) is 2.92. The first-order valence-corrected chi connectivity index (χ1v) is 9.48. The van der Waals surface area contributed by atoms with E-state index in [1.54, 1.807) is 6.07 Å². The highest BCUT2D eigenvalue weighted by Crippen LogP contribution is 2.26. The molecule has 0 saturated heterocycles. The van der Waals surface area contributed by atoms with Gasteiger partial charge in [0.1, 0.15) is 12.4 Å². The molecule has 28 heavy (non-hydrogen) atoms. The van der Waals surface area contributed by atoms with Crippen molar-refractivity contribution in [3.05, 3.63) is 81.1 Å². The average molecular weight is 398 g/mol. The molecule has 0 saturated carbocycles. The third kappa shape index (κ3) is 4.54. The summed E-state index contributed by atoms with van der Waals surface area (Å²) in [5.74, 6) is 0.511. The van der Waals surface area contributed by atoms with Crippen molar-refractivity contribution in [1.29, 1.82) is 0 Å². The monoisotopic (exact) mass is 397 g/mol. The molecule has 3 aromatic rings. The second kappa shape index (κ2) is 8.48. The van der Waals surface area contributed by atoms with Crippen LogP contribution in [-0.4, -0.2) is 15.7 Å². The van der Waals surface area contributed by atoms with Gasteiger partial charge >= 0.3 is 0 Å². The lowest BCUT2D eigenvalue weighted by Crippen LogP contribution is -2.23. The van der Waals surface area contributed by atoms with Gasteiger partial charge in [0.25, 0.3) is 5.91 Å². The Labute approximate surface area is 170 Å². The van der Waals surface area contributed by atoms with E-state index in [1.807, 2.05) is 68.9 Å². The van der Waals surface area contributed by atoms with Crippen molar-refractivity contribution in [3.63, 3.8) is 0 Å². The number of halogens is 1. The zero-order chi connectivity index (χ0) is 20.3. The predicted octanol–water partition coefficient (Wildman–Crippen LogP) is 4.51. The fraction of sp³-hybridized carbons (Fsp3) is 0.273. The first kappa shape index (κ1) is 20.0. The summed E-state index contributed by atoms with van der Waals surface area (Å²) < 4.78 is 7.65. The van der Waals surface area contributed by atoms with E-state index in [4.69, 9.17) is 16.3 Å². The highest BCUT2D eigenvalue weighted by molar-refractivity contribution is 6.32. The van der Waals surface area contributed by atoms with E-state index in [9.17, 15) is 4.79 Å². The van der Waals surface area contributed by atoms with Gasteiger partial charge in [-0.1, -0.05) is 29.8 Å².